The number of nitro benzene ring substituents is 1. The lowest BCUT2D eigenvalue weighted by molar-refractivity contribution is -0.385. The highest BCUT2D eigenvalue weighted by molar-refractivity contribution is 6.32. The Balaban J connectivity index is 1.65. The van der Waals surface area contributed by atoms with Gasteiger partial charge in [-0.1, -0.05) is 41.9 Å². The fraction of sp³-hybridized carbons (Fsp3) is 0.125. The standard InChI is InChI=1S/C24H15ClFN3O5/c1-12-15(25)8-5-10-17(12)27-20(13-6-2-3-9-16(13)26)21(24(27)32)28-22(30)14-7-4-11-18(29(33)34)19(14)23(28)31/h2-11,20-21H,1H3/t20-,21-/m1/s1. The van der Waals surface area contributed by atoms with Crippen molar-refractivity contribution in [3.05, 3.63) is 104 Å². The zero-order valence-corrected chi connectivity index (χ0v) is 18.3. The van der Waals surface area contributed by atoms with Crippen LogP contribution >= 0.6 is 11.6 Å². The van der Waals surface area contributed by atoms with Gasteiger partial charge in [0.1, 0.15) is 17.4 Å². The smallest absolute Gasteiger partial charge is 0.282 e. The topological polar surface area (TPSA) is 101 Å². The first-order valence-corrected chi connectivity index (χ1v) is 10.6. The van der Waals surface area contributed by atoms with Crippen LogP contribution < -0.4 is 4.90 Å². The van der Waals surface area contributed by atoms with E-state index in [-0.39, 0.29) is 16.7 Å². The summed E-state index contributed by atoms with van der Waals surface area (Å²) in [5.41, 5.74) is -0.0147. The molecule has 170 valence electrons. The van der Waals surface area contributed by atoms with Crippen LogP contribution in [0.15, 0.2) is 60.7 Å². The molecule has 0 spiro atoms. The number of rotatable bonds is 4. The molecule has 0 unspecified atom stereocenters. The number of nitro groups is 1. The van der Waals surface area contributed by atoms with Crippen molar-refractivity contribution in [1.82, 2.24) is 4.90 Å². The maximum absolute atomic E-state index is 14.9. The molecule has 2 aliphatic rings. The van der Waals surface area contributed by atoms with Gasteiger partial charge in [-0.25, -0.2) is 4.39 Å². The molecule has 1 fully saturated rings. The molecule has 3 amide bonds. The number of fused-ring (bicyclic) bond motifs is 1. The van der Waals surface area contributed by atoms with E-state index in [0.717, 1.165) is 6.07 Å². The highest BCUT2D eigenvalue weighted by Gasteiger charge is 2.59. The third-order valence-electron chi connectivity index (χ3n) is 6.19. The average Bonchev–Trinajstić information content (AvgIpc) is 3.06. The number of imide groups is 1. The van der Waals surface area contributed by atoms with Crippen molar-refractivity contribution in [1.29, 1.82) is 0 Å². The van der Waals surface area contributed by atoms with Gasteiger partial charge in [-0.05, 0) is 36.8 Å². The largest absolute Gasteiger partial charge is 0.300 e. The maximum Gasteiger partial charge on any atom is 0.282 e. The molecule has 8 nitrogen and oxygen atoms in total. The molecule has 1 saturated heterocycles. The SMILES string of the molecule is Cc1c(Cl)cccc1N1C(=O)[C@H](N2C(=O)c3cccc([N+](=O)[O-])c3C2=O)[C@H]1c1ccccc1F. The Hall–Kier alpha value is -4.11. The van der Waals surface area contributed by atoms with Crippen LogP contribution in [0.1, 0.15) is 37.9 Å². The summed E-state index contributed by atoms with van der Waals surface area (Å²) in [5, 5.41) is 11.8. The van der Waals surface area contributed by atoms with Gasteiger partial charge in [-0.2, -0.15) is 0 Å². The van der Waals surface area contributed by atoms with Gasteiger partial charge in [0, 0.05) is 22.3 Å². The lowest BCUT2D eigenvalue weighted by Gasteiger charge is -2.50. The Labute approximate surface area is 197 Å². The summed E-state index contributed by atoms with van der Waals surface area (Å²) in [5.74, 6) is -3.06. The Morgan fingerprint density at radius 2 is 1.62 bits per heavy atom. The van der Waals surface area contributed by atoms with Crippen LogP contribution in [-0.2, 0) is 4.79 Å². The zero-order chi connectivity index (χ0) is 24.3. The van der Waals surface area contributed by atoms with Crippen LogP contribution in [0, 0.1) is 22.9 Å². The molecular weight excluding hydrogens is 465 g/mol. The molecule has 3 aromatic rings. The van der Waals surface area contributed by atoms with E-state index in [4.69, 9.17) is 11.6 Å². The van der Waals surface area contributed by atoms with E-state index in [1.54, 1.807) is 31.2 Å². The summed E-state index contributed by atoms with van der Waals surface area (Å²) in [6.45, 7) is 1.70. The molecule has 0 aromatic heterocycles. The second-order valence-electron chi connectivity index (χ2n) is 7.94. The van der Waals surface area contributed by atoms with Crippen LogP contribution in [0.5, 0.6) is 0 Å². The van der Waals surface area contributed by atoms with E-state index in [0.29, 0.717) is 21.2 Å². The highest BCUT2D eigenvalue weighted by Crippen LogP contribution is 2.47. The van der Waals surface area contributed by atoms with Gasteiger partial charge in [0.25, 0.3) is 23.4 Å². The Morgan fingerprint density at radius 1 is 0.912 bits per heavy atom. The van der Waals surface area contributed by atoms with Crippen LogP contribution in [-0.4, -0.2) is 33.6 Å². The predicted molar refractivity (Wildman–Crippen MR) is 120 cm³/mol. The van der Waals surface area contributed by atoms with E-state index in [1.165, 1.54) is 35.2 Å². The monoisotopic (exact) mass is 479 g/mol. The molecule has 5 rings (SSSR count). The number of hydrogen-bond donors (Lipinski definition) is 0. The normalized spacial score (nSPS) is 19.3. The Morgan fingerprint density at radius 3 is 2.32 bits per heavy atom. The number of hydrogen-bond acceptors (Lipinski definition) is 5. The first-order valence-electron chi connectivity index (χ1n) is 10.2. The Bertz CT molecular complexity index is 1430. The molecule has 2 atom stereocenters. The van der Waals surface area contributed by atoms with E-state index in [1.807, 2.05) is 0 Å². The third-order valence-corrected chi connectivity index (χ3v) is 6.60. The molecule has 2 aliphatic heterocycles. The number of carbonyl (C=O) groups excluding carboxylic acids is 3. The first kappa shape index (κ1) is 21.7. The second kappa shape index (κ2) is 7.74. The molecule has 3 aromatic carbocycles. The number of amides is 3. The molecular formula is C24H15ClFN3O5. The van der Waals surface area contributed by atoms with Gasteiger partial charge in [0.15, 0.2) is 0 Å². The first-order chi connectivity index (χ1) is 16.2. The van der Waals surface area contributed by atoms with Crippen molar-refractivity contribution in [2.75, 3.05) is 4.90 Å². The lowest BCUT2D eigenvalue weighted by Crippen LogP contribution is -2.67. The van der Waals surface area contributed by atoms with Gasteiger partial charge < -0.3 is 0 Å². The van der Waals surface area contributed by atoms with Crippen LogP contribution in [0.25, 0.3) is 0 Å². The average molecular weight is 480 g/mol. The van der Waals surface area contributed by atoms with Gasteiger partial charge in [0.05, 0.1) is 16.5 Å². The molecule has 0 radical (unpaired) electrons. The lowest BCUT2D eigenvalue weighted by atomic mass is 9.85. The van der Waals surface area contributed by atoms with Crippen molar-refractivity contribution < 1.29 is 23.7 Å². The summed E-state index contributed by atoms with van der Waals surface area (Å²) in [6.07, 6.45) is 0. The van der Waals surface area contributed by atoms with E-state index < -0.39 is 46.2 Å². The fourth-order valence-electron chi connectivity index (χ4n) is 4.57. The van der Waals surface area contributed by atoms with Gasteiger partial charge in [-0.3, -0.25) is 34.3 Å². The summed E-state index contributed by atoms with van der Waals surface area (Å²) >= 11 is 6.23. The molecule has 0 aliphatic carbocycles. The number of carbonyl (C=O) groups is 3. The number of β-lactam (4-membered cyclic amide) rings is 1. The highest BCUT2D eigenvalue weighted by atomic mass is 35.5. The van der Waals surface area contributed by atoms with E-state index in [9.17, 15) is 28.9 Å². The minimum Gasteiger partial charge on any atom is -0.300 e. The van der Waals surface area contributed by atoms with Gasteiger partial charge in [-0.15, -0.1) is 0 Å². The molecule has 34 heavy (non-hydrogen) atoms. The van der Waals surface area contributed by atoms with Crippen molar-refractivity contribution in [2.45, 2.75) is 19.0 Å². The fourth-order valence-corrected chi connectivity index (χ4v) is 4.74. The molecule has 10 heteroatoms. The summed E-state index contributed by atoms with van der Waals surface area (Å²) < 4.78 is 14.9. The van der Waals surface area contributed by atoms with Crippen LogP contribution in [0.4, 0.5) is 15.8 Å². The number of nitrogens with zero attached hydrogens (tertiary/aromatic N) is 3. The van der Waals surface area contributed by atoms with E-state index >= 15 is 0 Å². The summed E-state index contributed by atoms with van der Waals surface area (Å²) in [6, 6.07) is 11.9. The third kappa shape index (κ3) is 2.94. The van der Waals surface area contributed by atoms with Crippen LogP contribution in [0.2, 0.25) is 5.02 Å². The van der Waals surface area contributed by atoms with Gasteiger partial charge >= 0.3 is 0 Å². The minimum absolute atomic E-state index is 0.0949. The molecule has 0 bridgehead atoms. The summed E-state index contributed by atoms with van der Waals surface area (Å²) in [4.78, 5) is 52.6. The van der Waals surface area contributed by atoms with Crippen molar-refractivity contribution in [3.8, 4) is 0 Å². The van der Waals surface area contributed by atoms with Crippen LogP contribution in [0.3, 0.4) is 0 Å². The quantitative estimate of drug-likeness (QED) is 0.238. The van der Waals surface area contributed by atoms with Gasteiger partial charge in [0.2, 0.25) is 0 Å². The zero-order valence-electron chi connectivity index (χ0n) is 17.6. The predicted octanol–water partition coefficient (Wildman–Crippen LogP) is 4.45. The van der Waals surface area contributed by atoms with Crippen molar-refractivity contribution in [2.24, 2.45) is 0 Å². The number of halogens is 2. The number of benzene rings is 3. The Kier molecular flexibility index (Phi) is 4.94. The molecule has 0 saturated carbocycles. The summed E-state index contributed by atoms with van der Waals surface area (Å²) in [7, 11) is 0. The maximum atomic E-state index is 14.9. The molecule has 2 heterocycles. The van der Waals surface area contributed by atoms with Crippen molar-refractivity contribution in [3.63, 3.8) is 0 Å². The molecule has 0 N–H and O–H groups in total. The van der Waals surface area contributed by atoms with E-state index in [2.05, 4.69) is 0 Å². The minimum atomic E-state index is -1.39. The van der Waals surface area contributed by atoms with Crippen molar-refractivity contribution >= 4 is 40.7 Å². The second-order valence-corrected chi connectivity index (χ2v) is 8.35. The number of anilines is 1.